The average Bonchev–Trinajstić information content (AvgIpc) is 2.91. The van der Waals surface area contributed by atoms with Crippen LogP contribution in [-0.4, -0.2) is 22.6 Å². The highest BCUT2D eigenvalue weighted by molar-refractivity contribution is 7.12. The number of aliphatic hydroxyl groups is 1. The molecule has 2 N–H and O–H groups in total. The number of anilines is 1. The Hall–Kier alpha value is -2.16. The van der Waals surface area contributed by atoms with Crippen LogP contribution in [0.15, 0.2) is 35.7 Å². The fourth-order valence-electron chi connectivity index (χ4n) is 1.29. The lowest BCUT2D eigenvalue weighted by Crippen LogP contribution is -2.11. The molecule has 2 aromatic rings. The van der Waals surface area contributed by atoms with Crippen LogP contribution in [0.4, 0.5) is 5.82 Å². The predicted molar refractivity (Wildman–Crippen MR) is 70.5 cm³/mol. The number of thiophene rings is 1. The number of pyridine rings is 1. The minimum atomic E-state index is -0.215. The van der Waals surface area contributed by atoms with Crippen molar-refractivity contribution in [2.45, 2.75) is 0 Å². The Balaban J connectivity index is 2.12. The van der Waals surface area contributed by atoms with Crippen LogP contribution in [0, 0.1) is 11.8 Å². The summed E-state index contributed by atoms with van der Waals surface area (Å²) in [5.74, 6) is 5.44. The van der Waals surface area contributed by atoms with Crippen LogP contribution in [0.2, 0.25) is 0 Å². The third-order valence-corrected chi connectivity index (χ3v) is 2.90. The van der Waals surface area contributed by atoms with Crippen molar-refractivity contribution in [1.29, 1.82) is 0 Å². The van der Waals surface area contributed by atoms with E-state index in [1.807, 2.05) is 11.4 Å². The minimum absolute atomic E-state index is 0.190. The third-order valence-electron chi connectivity index (χ3n) is 2.03. The maximum atomic E-state index is 11.8. The summed E-state index contributed by atoms with van der Waals surface area (Å²) in [6.07, 6.45) is 0. The molecule has 0 saturated carbocycles. The Labute approximate surface area is 108 Å². The third kappa shape index (κ3) is 3.17. The molecule has 0 bridgehead atoms. The number of carbonyl (C=O) groups is 1. The molecule has 0 saturated heterocycles. The molecule has 2 rings (SSSR count). The molecule has 0 spiro atoms. The zero-order valence-electron chi connectivity index (χ0n) is 9.38. The number of amides is 1. The highest BCUT2D eigenvalue weighted by Crippen LogP contribution is 2.11. The molecule has 0 aromatic carbocycles. The molecule has 18 heavy (non-hydrogen) atoms. The Morgan fingerprint density at radius 3 is 3.00 bits per heavy atom. The van der Waals surface area contributed by atoms with Gasteiger partial charge in [0.15, 0.2) is 0 Å². The molecule has 0 atom stereocenters. The number of hydrogen-bond acceptors (Lipinski definition) is 4. The van der Waals surface area contributed by atoms with Gasteiger partial charge in [0.25, 0.3) is 5.91 Å². The van der Waals surface area contributed by atoms with Crippen molar-refractivity contribution < 1.29 is 9.90 Å². The van der Waals surface area contributed by atoms with Crippen molar-refractivity contribution in [2.24, 2.45) is 0 Å². The van der Waals surface area contributed by atoms with Crippen LogP contribution in [-0.2, 0) is 0 Å². The van der Waals surface area contributed by atoms with Crippen LogP contribution >= 0.6 is 11.3 Å². The van der Waals surface area contributed by atoms with Crippen LogP contribution in [0.1, 0.15) is 15.4 Å². The Morgan fingerprint density at radius 1 is 1.39 bits per heavy atom. The van der Waals surface area contributed by atoms with E-state index in [-0.39, 0.29) is 12.5 Å². The monoisotopic (exact) mass is 258 g/mol. The topological polar surface area (TPSA) is 62.2 Å². The first-order valence-electron chi connectivity index (χ1n) is 5.21. The van der Waals surface area contributed by atoms with Crippen molar-refractivity contribution >= 4 is 23.1 Å². The van der Waals surface area contributed by atoms with Crippen molar-refractivity contribution in [3.8, 4) is 11.8 Å². The summed E-state index contributed by atoms with van der Waals surface area (Å²) in [6.45, 7) is -0.215. The summed E-state index contributed by atoms with van der Waals surface area (Å²) in [4.78, 5) is 16.6. The molecule has 0 unspecified atom stereocenters. The SMILES string of the molecule is O=C(Nc1cccc(C#CCO)n1)c1cccs1. The fourth-order valence-corrected chi connectivity index (χ4v) is 1.91. The van der Waals surface area contributed by atoms with E-state index in [1.165, 1.54) is 11.3 Å². The zero-order chi connectivity index (χ0) is 12.8. The quantitative estimate of drug-likeness (QED) is 0.806. The van der Waals surface area contributed by atoms with Gasteiger partial charge >= 0.3 is 0 Å². The van der Waals surface area contributed by atoms with Crippen molar-refractivity contribution in [1.82, 2.24) is 4.98 Å². The highest BCUT2D eigenvalue weighted by Gasteiger charge is 2.07. The van der Waals surface area contributed by atoms with Gasteiger partial charge in [0, 0.05) is 0 Å². The first-order valence-corrected chi connectivity index (χ1v) is 6.09. The maximum Gasteiger partial charge on any atom is 0.266 e. The fraction of sp³-hybridized carbons (Fsp3) is 0.0769. The summed E-state index contributed by atoms with van der Waals surface area (Å²) in [5.41, 5.74) is 0.507. The summed E-state index contributed by atoms with van der Waals surface area (Å²) < 4.78 is 0. The number of nitrogens with zero attached hydrogens (tertiary/aromatic N) is 1. The zero-order valence-corrected chi connectivity index (χ0v) is 10.2. The van der Waals surface area contributed by atoms with E-state index >= 15 is 0 Å². The van der Waals surface area contributed by atoms with Crippen molar-refractivity contribution in [3.05, 3.63) is 46.3 Å². The lowest BCUT2D eigenvalue weighted by atomic mass is 10.3. The molecule has 1 amide bonds. The number of hydrogen-bond donors (Lipinski definition) is 2. The molecule has 0 radical (unpaired) electrons. The van der Waals surface area contributed by atoms with Gasteiger partial charge in [0.2, 0.25) is 0 Å². The smallest absolute Gasteiger partial charge is 0.266 e. The van der Waals surface area contributed by atoms with E-state index in [9.17, 15) is 4.79 Å². The normalized spacial score (nSPS) is 9.39. The summed E-state index contributed by atoms with van der Waals surface area (Å²) in [5, 5.41) is 13.1. The van der Waals surface area contributed by atoms with Gasteiger partial charge < -0.3 is 10.4 Å². The first kappa shape index (κ1) is 12.3. The van der Waals surface area contributed by atoms with Crippen LogP contribution in [0.5, 0.6) is 0 Å². The van der Waals surface area contributed by atoms with E-state index in [0.717, 1.165) is 0 Å². The van der Waals surface area contributed by atoms with Gasteiger partial charge in [-0.2, -0.15) is 0 Å². The number of rotatable bonds is 2. The van der Waals surface area contributed by atoms with Crippen molar-refractivity contribution in [3.63, 3.8) is 0 Å². The Kier molecular flexibility index (Phi) is 4.07. The van der Waals surface area contributed by atoms with E-state index in [2.05, 4.69) is 22.1 Å². The van der Waals surface area contributed by atoms with Crippen LogP contribution < -0.4 is 5.32 Å². The Bertz CT molecular complexity index is 597. The second-order valence-corrected chi connectivity index (χ2v) is 4.25. The molecule has 4 nitrogen and oxygen atoms in total. The number of nitrogens with one attached hydrogen (secondary N) is 1. The van der Waals surface area contributed by atoms with E-state index in [4.69, 9.17) is 5.11 Å². The van der Waals surface area contributed by atoms with Crippen LogP contribution in [0.3, 0.4) is 0 Å². The van der Waals surface area contributed by atoms with E-state index in [0.29, 0.717) is 16.4 Å². The van der Waals surface area contributed by atoms with Gasteiger partial charge in [0.1, 0.15) is 18.1 Å². The molecule has 0 aliphatic carbocycles. The van der Waals surface area contributed by atoms with Gasteiger partial charge in [0.05, 0.1) is 4.88 Å². The lowest BCUT2D eigenvalue weighted by Gasteiger charge is -2.02. The number of aliphatic hydroxyl groups excluding tert-OH is 1. The lowest BCUT2D eigenvalue weighted by molar-refractivity contribution is 0.103. The molecule has 90 valence electrons. The summed E-state index contributed by atoms with van der Waals surface area (Å²) in [6, 6.07) is 8.71. The molecule has 2 aromatic heterocycles. The van der Waals surface area contributed by atoms with Gasteiger partial charge in [-0.15, -0.1) is 11.3 Å². The van der Waals surface area contributed by atoms with Crippen molar-refractivity contribution in [2.75, 3.05) is 11.9 Å². The Morgan fingerprint density at radius 2 is 2.28 bits per heavy atom. The number of carbonyl (C=O) groups excluding carboxylic acids is 1. The molecular formula is C13H10N2O2S. The second-order valence-electron chi connectivity index (χ2n) is 3.30. The largest absolute Gasteiger partial charge is 0.384 e. The average molecular weight is 258 g/mol. The van der Waals surface area contributed by atoms with E-state index < -0.39 is 0 Å². The molecule has 5 heteroatoms. The predicted octanol–water partition coefficient (Wildman–Crippen LogP) is 1.74. The second kappa shape index (κ2) is 5.96. The number of aromatic nitrogens is 1. The standard InChI is InChI=1S/C13H10N2O2S/c16-8-2-5-10-4-1-7-12(14-10)15-13(17)11-6-3-9-18-11/h1,3-4,6-7,9,16H,8H2,(H,14,15,17). The molecule has 0 aliphatic rings. The molecule has 0 aliphatic heterocycles. The maximum absolute atomic E-state index is 11.8. The molecular weight excluding hydrogens is 248 g/mol. The molecule has 0 fully saturated rings. The highest BCUT2D eigenvalue weighted by atomic mass is 32.1. The summed E-state index contributed by atoms with van der Waals surface area (Å²) in [7, 11) is 0. The first-order chi connectivity index (χ1) is 8.79. The van der Waals surface area contributed by atoms with Gasteiger partial charge in [-0.3, -0.25) is 4.79 Å². The van der Waals surface area contributed by atoms with Gasteiger partial charge in [-0.25, -0.2) is 4.98 Å². The van der Waals surface area contributed by atoms with Gasteiger partial charge in [-0.05, 0) is 29.5 Å². The van der Waals surface area contributed by atoms with Gasteiger partial charge in [-0.1, -0.05) is 18.1 Å². The van der Waals surface area contributed by atoms with Crippen LogP contribution in [0.25, 0.3) is 0 Å². The minimum Gasteiger partial charge on any atom is -0.384 e. The molecule has 2 heterocycles. The van der Waals surface area contributed by atoms with E-state index in [1.54, 1.807) is 24.3 Å². The summed E-state index contributed by atoms with van der Waals surface area (Å²) >= 11 is 1.37.